The summed E-state index contributed by atoms with van der Waals surface area (Å²) in [6, 6.07) is 0. The van der Waals surface area contributed by atoms with Gasteiger partial charge in [0.25, 0.3) is 0 Å². The molecular weight excluding hydrogens is 282 g/mol. The molecule has 0 aromatic carbocycles. The second kappa shape index (κ2) is 7.04. The molecule has 0 bridgehead atoms. The Hall–Kier alpha value is -1.89. The van der Waals surface area contributed by atoms with E-state index in [1.165, 1.54) is 18.4 Å². The molecule has 0 aliphatic carbocycles. The number of amides is 1. The molecule has 0 spiro atoms. The Morgan fingerprint density at radius 3 is 2.60 bits per heavy atom. The summed E-state index contributed by atoms with van der Waals surface area (Å²) in [4.78, 5) is 34.3. The lowest BCUT2D eigenvalue weighted by molar-refractivity contribution is -0.138. The van der Waals surface area contributed by atoms with E-state index < -0.39 is 11.9 Å². The number of thiophene rings is 1. The van der Waals surface area contributed by atoms with E-state index >= 15 is 0 Å². The minimum Gasteiger partial charge on any atom is -0.481 e. The van der Waals surface area contributed by atoms with E-state index in [1.54, 1.807) is 19.2 Å². The van der Waals surface area contributed by atoms with Gasteiger partial charge in [-0.05, 0) is 23.8 Å². The van der Waals surface area contributed by atoms with Crippen LogP contribution >= 0.6 is 11.3 Å². The number of esters is 1. The molecule has 1 atom stereocenters. The Labute approximate surface area is 120 Å². The predicted octanol–water partition coefficient (Wildman–Crippen LogP) is 2.28. The topological polar surface area (TPSA) is 92.7 Å². The first-order valence-electron chi connectivity index (χ1n) is 6.03. The van der Waals surface area contributed by atoms with Crippen LogP contribution < -0.4 is 5.32 Å². The fourth-order valence-corrected chi connectivity index (χ4v) is 2.64. The number of aliphatic carboxylic acids is 1. The van der Waals surface area contributed by atoms with Gasteiger partial charge in [-0.1, -0.05) is 6.92 Å². The quantitative estimate of drug-likeness (QED) is 0.786. The van der Waals surface area contributed by atoms with Gasteiger partial charge in [0.15, 0.2) is 0 Å². The Morgan fingerprint density at radius 2 is 2.05 bits per heavy atom. The highest BCUT2D eigenvalue weighted by Gasteiger charge is 2.20. The van der Waals surface area contributed by atoms with Gasteiger partial charge < -0.3 is 15.2 Å². The van der Waals surface area contributed by atoms with E-state index in [0.29, 0.717) is 10.6 Å². The standard InChI is InChI=1S/C13H17NO5S/c1-7(5-10(16)17)4-9(15)14-11-8(2)6-20-12(11)13(18)19-3/h6-7H,4-5H2,1-3H3,(H,14,15)(H,16,17). The first kappa shape index (κ1) is 16.2. The number of carbonyl (C=O) groups is 3. The third-order valence-electron chi connectivity index (χ3n) is 2.67. The minimum absolute atomic E-state index is 0.0695. The second-order valence-electron chi connectivity index (χ2n) is 4.57. The van der Waals surface area contributed by atoms with Crippen molar-refractivity contribution >= 4 is 34.9 Å². The second-order valence-corrected chi connectivity index (χ2v) is 5.45. The number of hydrogen-bond acceptors (Lipinski definition) is 5. The number of anilines is 1. The number of ether oxygens (including phenoxy) is 1. The smallest absolute Gasteiger partial charge is 0.350 e. The van der Waals surface area contributed by atoms with Gasteiger partial charge >= 0.3 is 11.9 Å². The van der Waals surface area contributed by atoms with Crippen molar-refractivity contribution in [2.75, 3.05) is 12.4 Å². The first-order chi connectivity index (χ1) is 9.35. The first-order valence-corrected chi connectivity index (χ1v) is 6.91. The molecule has 1 aromatic heterocycles. The highest BCUT2D eigenvalue weighted by atomic mass is 32.1. The molecule has 1 unspecified atom stereocenters. The molecule has 1 amide bonds. The van der Waals surface area contributed by atoms with E-state index in [-0.39, 0.29) is 24.7 Å². The number of aryl methyl sites for hydroxylation is 1. The SMILES string of the molecule is COC(=O)c1scc(C)c1NC(=O)CC(C)CC(=O)O. The summed E-state index contributed by atoms with van der Waals surface area (Å²) in [7, 11) is 1.28. The largest absolute Gasteiger partial charge is 0.481 e. The van der Waals surface area contributed by atoms with Gasteiger partial charge in [0.1, 0.15) is 4.88 Å². The maximum atomic E-state index is 11.9. The number of carbonyl (C=O) groups excluding carboxylic acids is 2. The lowest BCUT2D eigenvalue weighted by Crippen LogP contribution is -2.18. The number of carboxylic acid groups (broad SMARTS) is 1. The van der Waals surface area contributed by atoms with Crippen molar-refractivity contribution < 1.29 is 24.2 Å². The van der Waals surface area contributed by atoms with Crippen molar-refractivity contribution in [2.24, 2.45) is 5.92 Å². The summed E-state index contributed by atoms with van der Waals surface area (Å²) in [6.45, 7) is 3.47. The molecule has 0 aliphatic rings. The van der Waals surface area contributed by atoms with Crippen LogP contribution in [-0.4, -0.2) is 30.1 Å². The van der Waals surface area contributed by atoms with Crippen LogP contribution in [0.3, 0.4) is 0 Å². The highest BCUT2D eigenvalue weighted by Crippen LogP contribution is 2.28. The number of rotatable bonds is 6. The van der Waals surface area contributed by atoms with Gasteiger partial charge in [-0.15, -0.1) is 11.3 Å². The summed E-state index contributed by atoms with van der Waals surface area (Å²) in [6.07, 6.45) is 0.0160. The zero-order chi connectivity index (χ0) is 15.3. The van der Waals surface area contributed by atoms with Gasteiger partial charge in [0.05, 0.1) is 12.8 Å². The summed E-state index contributed by atoms with van der Waals surface area (Å²) >= 11 is 1.20. The molecule has 2 N–H and O–H groups in total. The van der Waals surface area contributed by atoms with Crippen LogP contribution in [0.1, 0.15) is 35.0 Å². The molecule has 1 rings (SSSR count). The Morgan fingerprint density at radius 1 is 1.40 bits per heavy atom. The number of methoxy groups -OCH3 is 1. The van der Waals surface area contributed by atoms with Crippen molar-refractivity contribution in [1.82, 2.24) is 0 Å². The Kier molecular flexibility index (Phi) is 5.69. The van der Waals surface area contributed by atoms with Crippen molar-refractivity contribution in [3.05, 3.63) is 15.8 Å². The number of hydrogen-bond donors (Lipinski definition) is 2. The average Bonchev–Trinajstić information content (AvgIpc) is 2.69. The Balaban J connectivity index is 2.73. The van der Waals surface area contributed by atoms with Crippen LogP contribution in [0.4, 0.5) is 5.69 Å². The molecule has 0 radical (unpaired) electrons. The third-order valence-corrected chi connectivity index (χ3v) is 3.75. The van der Waals surface area contributed by atoms with Crippen LogP contribution in [0.25, 0.3) is 0 Å². The molecule has 110 valence electrons. The highest BCUT2D eigenvalue weighted by molar-refractivity contribution is 7.12. The van der Waals surface area contributed by atoms with Gasteiger partial charge in [-0.2, -0.15) is 0 Å². The molecule has 0 aliphatic heterocycles. The molecule has 20 heavy (non-hydrogen) atoms. The molecule has 1 aromatic rings. The van der Waals surface area contributed by atoms with Crippen LogP contribution in [0.5, 0.6) is 0 Å². The normalized spacial score (nSPS) is 11.8. The molecule has 1 heterocycles. The van der Waals surface area contributed by atoms with E-state index in [1.807, 2.05) is 0 Å². The van der Waals surface area contributed by atoms with Crippen molar-refractivity contribution in [1.29, 1.82) is 0 Å². The zero-order valence-electron chi connectivity index (χ0n) is 11.6. The van der Waals surface area contributed by atoms with Crippen LogP contribution in [0.15, 0.2) is 5.38 Å². The van der Waals surface area contributed by atoms with Gasteiger partial charge in [-0.3, -0.25) is 9.59 Å². The lowest BCUT2D eigenvalue weighted by Gasteiger charge is -2.10. The van der Waals surface area contributed by atoms with E-state index in [2.05, 4.69) is 10.1 Å². The van der Waals surface area contributed by atoms with Crippen molar-refractivity contribution in [3.8, 4) is 0 Å². The molecule has 0 saturated carbocycles. The van der Waals surface area contributed by atoms with Crippen molar-refractivity contribution in [3.63, 3.8) is 0 Å². The summed E-state index contributed by atoms with van der Waals surface area (Å²) < 4.78 is 4.65. The fraction of sp³-hybridized carbons (Fsp3) is 0.462. The number of carboxylic acids is 1. The van der Waals surface area contributed by atoms with Gasteiger partial charge in [0, 0.05) is 12.8 Å². The Bertz CT molecular complexity index is 523. The zero-order valence-corrected chi connectivity index (χ0v) is 12.4. The summed E-state index contributed by atoms with van der Waals surface area (Å²) in [5.41, 5.74) is 1.21. The van der Waals surface area contributed by atoms with Crippen molar-refractivity contribution in [2.45, 2.75) is 26.7 Å². The van der Waals surface area contributed by atoms with Crippen LogP contribution in [0, 0.1) is 12.8 Å². The average molecular weight is 299 g/mol. The third kappa shape index (κ3) is 4.34. The molecule has 0 saturated heterocycles. The number of nitrogens with one attached hydrogen (secondary N) is 1. The van der Waals surface area contributed by atoms with Crippen LogP contribution in [0.2, 0.25) is 0 Å². The molecular formula is C13H17NO5S. The predicted molar refractivity (Wildman–Crippen MR) is 75.1 cm³/mol. The van der Waals surface area contributed by atoms with Gasteiger partial charge in [0.2, 0.25) is 5.91 Å². The summed E-state index contributed by atoms with van der Waals surface area (Å²) in [5.74, 6) is -2.03. The summed E-state index contributed by atoms with van der Waals surface area (Å²) in [5, 5.41) is 13.1. The van der Waals surface area contributed by atoms with E-state index in [9.17, 15) is 14.4 Å². The minimum atomic E-state index is -0.938. The lowest BCUT2D eigenvalue weighted by atomic mass is 10.0. The fourth-order valence-electron chi connectivity index (χ4n) is 1.72. The molecule has 7 heteroatoms. The molecule has 6 nitrogen and oxygen atoms in total. The maximum Gasteiger partial charge on any atom is 0.350 e. The van der Waals surface area contributed by atoms with Gasteiger partial charge in [-0.25, -0.2) is 4.79 Å². The van der Waals surface area contributed by atoms with Crippen LogP contribution in [-0.2, 0) is 14.3 Å². The van der Waals surface area contributed by atoms with E-state index in [4.69, 9.17) is 5.11 Å². The maximum absolute atomic E-state index is 11.9. The van der Waals surface area contributed by atoms with E-state index in [0.717, 1.165) is 5.56 Å². The monoisotopic (exact) mass is 299 g/mol. The molecule has 0 fully saturated rings.